The van der Waals surface area contributed by atoms with Crippen LogP contribution in [0.4, 0.5) is 0 Å². The Hall–Kier alpha value is -1.05. The zero-order valence-corrected chi connectivity index (χ0v) is 12.3. The molecule has 1 aromatic heterocycles. The Labute approximate surface area is 122 Å². The maximum Gasteiger partial charge on any atom is 0.262 e. The molecule has 0 radical (unpaired) electrons. The Kier molecular flexibility index (Phi) is 4.84. The van der Waals surface area contributed by atoms with Crippen molar-refractivity contribution in [3.8, 4) is 6.07 Å². The van der Waals surface area contributed by atoms with Gasteiger partial charge < -0.3 is 5.32 Å². The summed E-state index contributed by atoms with van der Waals surface area (Å²) in [5.74, 6) is -0.181. The highest BCUT2D eigenvalue weighted by molar-refractivity contribution is 7.18. The molecule has 0 spiro atoms. The first kappa shape index (κ1) is 14.4. The molecule has 1 aromatic rings. The highest BCUT2D eigenvalue weighted by Crippen LogP contribution is 2.27. The van der Waals surface area contributed by atoms with E-state index >= 15 is 0 Å². The van der Waals surface area contributed by atoms with Gasteiger partial charge in [-0.15, -0.1) is 11.3 Å². The lowest BCUT2D eigenvalue weighted by Gasteiger charge is -2.29. The minimum absolute atomic E-state index is 0.181. The minimum atomic E-state index is -0.700. The number of hydrogen-bond donors (Lipinski definition) is 1. The number of carbonyl (C=O) groups excluding carboxylic acids is 1. The van der Waals surface area contributed by atoms with Crippen LogP contribution in [0.5, 0.6) is 0 Å². The summed E-state index contributed by atoms with van der Waals surface area (Å²) >= 11 is 7.08. The van der Waals surface area contributed by atoms with E-state index in [1.165, 1.54) is 17.8 Å². The number of halogens is 1. The molecule has 1 aliphatic carbocycles. The quantitative estimate of drug-likeness (QED) is 0.892. The van der Waals surface area contributed by atoms with Crippen molar-refractivity contribution in [2.75, 3.05) is 0 Å². The predicted octanol–water partition coefficient (Wildman–Crippen LogP) is 4.14. The zero-order valence-electron chi connectivity index (χ0n) is 10.7. The molecule has 1 fully saturated rings. The van der Waals surface area contributed by atoms with Gasteiger partial charge in [-0.3, -0.25) is 4.79 Å². The highest BCUT2D eigenvalue weighted by Gasteiger charge is 2.32. The number of amides is 1. The molecule has 0 aliphatic heterocycles. The van der Waals surface area contributed by atoms with E-state index in [9.17, 15) is 10.1 Å². The summed E-state index contributed by atoms with van der Waals surface area (Å²) in [5.41, 5.74) is -0.700. The number of nitrogens with one attached hydrogen (secondary N) is 1. The smallest absolute Gasteiger partial charge is 0.262 e. The second-order valence-electron chi connectivity index (χ2n) is 5.02. The van der Waals surface area contributed by atoms with E-state index in [1.54, 1.807) is 12.1 Å². The van der Waals surface area contributed by atoms with E-state index in [2.05, 4.69) is 11.4 Å². The number of hydrogen-bond acceptors (Lipinski definition) is 3. The molecule has 1 saturated carbocycles. The first-order valence-corrected chi connectivity index (χ1v) is 7.84. The molecule has 0 saturated heterocycles. The summed E-state index contributed by atoms with van der Waals surface area (Å²) in [6.45, 7) is 0. The van der Waals surface area contributed by atoms with Crippen LogP contribution in [-0.2, 0) is 0 Å². The molecule has 0 unspecified atom stereocenters. The van der Waals surface area contributed by atoms with Crippen molar-refractivity contribution in [3.05, 3.63) is 21.3 Å². The molecule has 2 rings (SSSR count). The Morgan fingerprint density at radius 2 is 1.89 bits per heavy atom. The fourth-order valence-corrected chi connectivity index (χ4v) is 3.43. The molecule has 1 N–H and O–H groups in total. The summed E-state index contributed by atoms with van der Waals surface area (Å²) in [6, 6.07) is 5.74. The van der Waals surface area contributed by atoms with Gasteiger partial charge in [-0.05, 0) is 25.0 Å². The Morgan fingerprint density at radius 3 is 2.42 bits per heavy atom. The van der Waals surface area contributed by atoms with Crippen molar-refractivity contribution >= 4 is 28.8 Å². The van der Waals surface area contributed by atoms with Crippen molar-refractivity contribution < 1.29 is 4.79 Å². The van der Waals surface area contributed by atoms with Crippen LogP contribution in [0.2, 0.25) is 4.34 Å². The van der Waals surface area contributed by atoms with Crippen LogP contribution in [0.25, 0.3) is 0 Å². The molecule has 102 valence electrons. The molecule has 19 heavy (non-hydrogen) atoms. The van der Waals surface area contributed by atoms with Crippen LogP contribution in [-0.4, -0.2) is 11.4 Å². The average molecular weight is 297 g/mol. The first-order valence-electron chi connectivity index (χ1n) is 6.64. The van der Waals surface area contributed by atoms with Gasteiger partial charge >= 0.3 is 0 Å². The largest absolute Gasteiger partial charge is 0.333 e. The third-order valence-corrected chi connectivity index (χ3v) is 4.80. The topological polar surface area (TPSA) is 52.9 Å². The van der Waals surface area contributed by atoms with Crippen molar-refractivity contribution in [1.82, 2.24) is 5.32 Å². The van der Waals surface area contributed by atoms with Gasteiger partial charge in [-0.25, -0.2) is 0 Å². The summed E-state index contributed by atoms with van der Waals surface area (Å²) in [7, 11) is 0. The number of thiophene rings is 1. The molecular formula is C14H17ClN2OS. The third kappa shape index (κ3) is 3.71. The zero-order chi connectivity index (χ0) is 13.7. The van der Waals surface area contributed by atoms with Crippen molar-refractivity contribution in [1.29, 1.82) is 5.26 Å². The third-order valence-electron chi connectivity index (χ3n) is 3.57. The van der Waals surface area contributed by atoms with Gasteiger partial charge in [-0.2, -0.15) is 5.26 Å². The number of rotatable bonds is 2. The Balaban J connectivity index is 2.08. The van der Waals surface area contributed by atoms with Crippen LogP contribution in [0.15, 0.2) is 12.1 Å². The lowest BCUT2D eigenvalue weighted by molar-refractivity contribution is 0.0912. The maximum atomic E-state index is 12.2. The van der Waals surface area contributed by atoms with Crippen LogP contribution < -0.4 is 5.32 Å². The number of nitriles is 1. The molecule has 1 heterocycles. The van der Waals surface area contributed by atoms with E-state index in [1.807, 2.05) is 0 Å². The molecule has 5 heteroatoms. The van der Waals surface area contributed by atoms with E-state index in [0.29, 0.717) is 9.21 Å². The SMILES string of the molecule is N#CC1(NC(=O)c2ccc(Cl)s2)CCCCCCC1. The van der Waals surface area contributed by atoms with Crippen molar-refractivity contribution in [2.45, 2.75) is 50.5 Å². The molecular weight excluding hydrogens is 280 g/mol. The standard InChI is InChI=1S/C14H17ClN2OS/c15-12-7-6-11(19-12)13(18)17-14(10-16)8-4-2-1-3-5-9-14/h6-7H,1-5,8-9H2,(H,17,18). The maximum absolute atomic E-state index is 12.2. The number of nitrogens with zero attached hydrogens (tertiary/aromatic N) is 1. The normalized spacial score (nSPS) is 18.9. The average Bonchev–Trinajstić information content (AvgIpc) is 2.80. The molecule has 0 atom stereocenters. The summed E-state index contributed by atoms with van der Waals surface area (Å²) in [6.07, 6.45) is 7.00. The minimum Gasteiger partial charge on any atom is -0.333 e. The van der Waals surface area contributed by atoms with Gasteiger partial charge in [0, 0.05) is 0 Å². The lowest BCUT2D eigenvalue weighted by atomic mass is 9.85. The molecule has 1 amide bonds. The van der Waals surface area contributed by atoms with Gasteiger partial charge in [0.15, 0.2) is 0 Å². The molecule has 3 nitrogen and oxygen atoms in total. The van der Waals surface area contributed by atoms with Crippen LogP contribution >= 0.6 is 22.9 Å². The predicted molar refractivity (Wildman–Crippen MR) is 77.5 cm³/mol. The summed E-state index contributed by atoms with van der Waals surface area (Å²) in [4.78, 5) is 12.7. The lowest BCUT2D eigenvalue weighted by Crippen LogP contribution is -2.47. The molecule has 1 aliphatic rings. The monoisotopic (exact) mass is 296 g/mol. The van der Waals surface area contributed by atoms with Crippen molar-refractivity contribution in [3.63, 3.8) is 0 Å². The second kappa shape index (κ2) is 6.40. The van der Waals surface area contributed by atoms with Gasteiger partial charge in [0.1, 0.15) is 5.54 Å². The summed E-state index contributed by atoms with van der Waals surface area (Å²) in [5, 5.41) is 12.4. The number of carbonyl (C=O) groups is 1. The van der Waals surface area contributed by atoms with Gasteiger partial charge in [0.2, 0.25) is 0 Å². The van der Waals surface area contributed by atoms with E-state index in [-0.39, 0.29) is 5.91 Å². The molecule has 0 bridgehead atoms. The Morgan fingerprint density at radius 1 is 1.26 bits per heavy atom. The molecule has 0 aromatic carbocycles. The van der Waals surface area contributed by atoms with E-state index < -0.39 is 5.54 Å². The summed E-state index contributed by atoms with van der Waals surface area (Å²) < 4.78 is 0.592. The van der Waals surface area contributed by atoms with E-state index in [4.69, 9.17) is 11.6 Å². The van der Waals surface area contributed by atoms with Crippen LogP contribution in [0, 0.1) is 11.3 Å². The van der Waals surface area contributed by atoms with Crippen molar-refractivity contribution in [2.24, 2.45) is 0 Å². The fraction of sp³-hybridized carbons (Fsp3) is 0.571. The van der Waals surface area contributed by atoms with Crippen LogP contribution in [0.1, 0.15) is 54.6 Å². The highest BCUT2D eigenvalue weighted by atomic mass is 35.5. The second-order valence-corrected chi connectivity index (χ2v) is 6.73. The van der Waals surface area contributed by atoms with Gasteiger partial charge in [0.25, 0.3) is 5.91 Å². The Bertz CT molecular complexity index is 484. The van der Waals surface area contributed by atoms with Gasteiger partial charge in [-0.1, -0.05) is 43.7 Å². The fourth-order valence-electron chi connectivity index (χ4n) is 2.49. The van der Waals surface area contributed by atoms with Crippen LogP contribution in [0.3, 0.4) is 0 Å². The van der Waals surface area contributed by atoms with Gasteiger partial charge in [0.05, 0.1) is 15.3 Å². The first-order chi connectivity index (χ1) is 9.15. The van der Waals surface area contributed by atoms with E-state index in [0.717, 1.165) is 38.5 Å².